The highest BCUT2D eigenvalue weighted by molar-refractivity contribution is 9.10. The molecule has 0 aliphatic rings. The number of hydrogen-bond donors (Lipinski definition) is 1. The molecular weight excluding hydrogens is 377 g/mol. The minimum atomic E-state index is -0.669. The third kappa shape index (κ3) is 4.29. The van der Waals surface area contributed by atoms with Crippen molar-refractivity contribution in [3.05, 3.63) is 63.3 Å². The molecule has 0 saturated carbocycles. The lowest BCUT2D eigenvalue weighted by Crippen LogP contribution is -2.21. The molecule has 0 fully saturated rings. The van der Waals surface area contributed by atoms with Crippen molar-refractivity contribution in [3.63, 3.8) is 0 Å². The van der Waals surface area contributed by atoms with Crippen molar-refractivity contribution in [2.75, 3.05) is 11.9 Å². The average molecular weight is 387 g/mol. The molecular formula is C15H10BrClFNO3. The molecule has 1 N–H and O–H groups in total. The fraction of sp³-hybridized carbons (Fsp3) is 0.0667. The minimum Gasteiger partial charge on any atom is -0.452 e. The monoisotopic (exact) mass is 385 g/mol. The first-order valence-electron chi connectivity index (χ1n) is 6.14. The SMILES string of the molecule is O=C(COC(=O)c1ccccc1Br)Nc1ccc(Cl)cc1F. The van der Waals surface area contributed by atoms with Crippen LogP contribution in [0.3, 0.4) is 0 Å². The van der Waals surface area contributed by atoms with Crippen molar-refractivity contribution in [2.45, 2.75) is 0 Å². The second-order valence-corrected chi connectivity index (χ2v) is 5.52. The number of esters is 1. The molecule has 2 aromatic rings. The Morgan fingerprint density at radius 1 is 1.23 bits per heavy atom. The van der Waals surface area contributed by atoms with Crippen molar-refractivity contribution >= 4 is 45.1 Å². The summed E-state index contributed by atoms with van der Waals surface area (Å²) in [6.45, 7) is -0.526. The number of hydrogen-bond acceptors (Lipinski definition) is 3. The highest BCUT2D eigenvalue weighted by Crippen LogP contribution is 2.19. The van der Waals surface area contributed by atoms with Gasteiger partial charge in [-0.05, 0) is 46.3 Å². The van der Waals surface area contributed by atoms with E-state index in [0.717, 1.165) is 6.07 Å². The molecule has 4 nitrogen and oxygen atoms in total. The second kappa shape index (κ2) is 7.38. The Morgan fingerprint density at radius 2 is 1.95 bits per heavy atom. The van der Waals surface area contributed by atoms with Gasteiger partial charge in [-0.3, -0.25) is 4.79 Å². The normalized spacial score (nSPS) is 10.1. The first-order valence-corrected chi connectivity index (χ1v) is 7.31. The van der Waals surface area contributed by atoms with Crippen LogP contribution in [0.4, 0.5) is 10.1 Å². The van der Waals surface area contributed by atoms with Gasteiger partial charge < -0.3 is 10.1 Å². The lowest BCUT2D eigenvalue weighted by molar-refractivity contribution is -0.119. The molecule has 2 rings (SSSR count). The average Bonchev–Trinajstić information content (AvgIpc) is 2.48. The molecule has 114 valence electrons. The minimum absolute atomic E-state index is 0.0358. The van der Waals surface area contributed by atoms with Crippen LogP contribution in [-0.4, -0.2) is 18.5 Å². The summed E-state index contributed by atoms with van der Waals surface area (Å²) in [4.78, 5) is 23.5. The number of carbonyl (C=O) groups is 2. The molecule has 0 heterocycles. The molecule has 0 radical (unpaired) electrons. The van der Waals surface area contributed by atoms with E-state index < -0.39 is 24.3 Å². The van der Waals surface area contributed by atoms with Crippen LogP contribution in [-0.2, 0) is 9.53 Å². The van der Waals surface area contributed by atoms with Gasteiger partial charge in [-0.15, -0.1) is 0 Å². The number of rotatable bonds is 4. The van der Waals surface area contributed by atoms with Gasteiger partial charge in [-0.2, -0.15) is 0 Å². The van der Waals surface area contributed by atoms with E-state index in [1.807, 2.05) is 0 Å². The predicted molar refractivity (Wildman–Crippen MR) is 84.5 cm³/mol. The molecule has 0 atom stereocenters. The predicted octanol–water partition coefficient (Wildman–Crippen LogP) is 4.04. The van der Waals surface area contributed by atoms with Crippen molar-refractivity contribution in [1.29, 1.82) is 0 Å². The van der Waals surface area contributed by atoms with Gasteiger partial charge in [0.1, 0.15) is 5.82 Å². The highest BCUT2D eigenvalue weighted by Gasteiger charge is 2.14. The lowest BCUT2D eigenvalue weighted by Gasteiger charge is -2.08. The van der Waals surface area contributed by atoms with Crippen molar-refractivity contribution in [1.82, 2.24) is 0 Å². The van der Waals surface area contributed by atoms with E-state index in [1.54, 1.807) is 24.3 Å². The van der Waals surface area contributed by atoms with E-state index in [2.05, 4.69) is 21.2 Å². The number of anilines is 1. The van der Waals surface area contributed by atoms with E-state index in [0.29, 0.717) is 10.0 Å². The zero-order chi connectivity index (χ0) is 16.1. The standard InChI is InChI=1S/C15H10BrClFNO3/c16-11-4-2-1-3-10(11)15(21)22-8-14(20)19-13-6-5-9(17)7-12(13)18/h1-7H,8H2,(H,19,20). The summed E-state index contributed by atoms with van der Waals surface area (Å²) < 4.78 is 19.0. The molecule has 0 bridgehead atoms. The Bertz CT molecular complexity index is 724. The van der Waals surface area contributed by atoms with Crippen LogP contribution in [0.5, 0.6) is 0 Å². The van der Waals surface area contributed by atoms with Crippen LogP contribution in [0.15, 0.2) is 46.9 Å². The molecule has 0 aromatic heterocycles. The number of benzene rings is 2. The van der Waals surface area contributed by atoms with Crippen molar-refractivity contribution < 1.29 is 18.7 Å². The first kappa shape index (κ1) is 16.5. The van der Waals surface area contributed by atoms with Gasteiger partial charge in [-0.1, -0.05) is 23.7 Å². The Hall–Kier alpha value is -1.92. The van der Waals surface area contributed by atoms with Gasteiger partial charge in [-0.25, -0.2) is 9.18 Å². The molecule has 0 saturated heterocycles. The number of halogens is 3. The van der Waals surface area contributed by atoms with Gasteiger partial charge in [0.2, 0.25) is 0 Å². The molecule has 0 aliphatic heterocycles. The number of ether oxygens (including phenoxy) is 1. The van der Waals surface area contributed by atoms with Crippen LogP contribution in [0, 0.1) is 5.82 Å². The second-order valence-electron chi connectivity index (χ2n) is 4.23. The van der Waals surface area contributed by atoms with Gasteiger partial charge in [0.25, 0.3) is 5.91 Å². The van der Waals surface area contributed by atoms with Crippen LogP contribution in [0.1, 0.15) is 10.4 Å². The third-order valence-electron chi connectivity index (χ3n) is 2.63. The van der Waals surface area contributed by atoms with E-state index in [1.165, 1.54) is 12.1 Å². The van der Waals surface area contributed by atoms with Gasteiger partial charge in [0.05, 0.1) is 11.3 Å². The maximum atomic E-state index is 13.5. The van der Waals surface area contributed by atoms with Crippen molar-refractivity contribution in [3.8, 4) is 0 Å². The van der Waals surface area contributed by atoms with E-state index in [4.69, 9.17) is 16.3 Å². The topological polar surface area (TPSA) is 55.4 Å². The van der Waals surface area contributed by atoms with Crippen LogP contribution in [0.2, 0.25) is 5.02 Å². The fourth-order valence-electron chi connectivity index (χ4n) is 1.61. The fourth-order valence-corrected chi connectivity index (χ4v) is 2.22. The molecule has 0 aliphatic carbocycles. The highest BCUT2D eigenvalue weighted by atomic mass is 79.9. The van der Waals surface area contributed by atoms with E-state index in [-0.39, 0.29) is 10.7 Å². The van der Waals surface area contributed by atoms with Gasteiger partial charge >= 0.3 is 5.97 Å². The molecule has 0 spiro atoms. The molecule has 7 heteroatoms. The number of nitrogens with one attached hydrogen (secondary N) is 1. The Balaban J connectivity index is 1.93. The zero-order valence-electron chi connectivity index (χ0n) is 11.1. The third-order valence-corrected chi connectivity index (χ3v) is 3.56. The summed E-state index contributed by atoms with van der Waals surface area (Å²) in [7, 11) is 0. The van der Waals surface area contributed by atoms with Gasteiger partial charge in [0.15, 0.2) is 6.61 Å². The molecule has 0 unspecified atom stereocenters. The summed E-state index contributed by atoms with van der Waals surface area (Å²) in [5.74, 6) is -1.97. The lowest BCUT2D eigenvalue weighted by atomic mass is 10.2. The summed E-state index contributed by atoms with van der Waals surface area (Å²) >= 11 is 8.82. The smallest absolute Gasteiger partial charge is 0.339 e. The molecule has 1 amide bonds. The van der Waals surface area contributed by atoms with Gasteiger partial charge in [0, 0.05) is 9.50 Å². The Kier molecular flexibility index (Phi) is 5.51. The zero-order valence-corrected chi connectivity index (χ0v) is 13.4. The summed E-state index contributed by atoms with van der Waals surface area (Å²) in [5.41, 5.74) is 0.263. The summed E-state index contributed by atoms with van der Waals surface area (Å²) in [6, 6.07) is 10.5. The van der Waals surface area contributed by atoms with E-state index >= 15 is 0 Å². The Morgan fingerprint density at radius 3 is 2.64 bits per heavy atom. The number of carbonyl (C=O) groups excluding carboxylic acids is 2. The van der Waals surface area contributed by atoms with E-state index in [9.17, 15) is 14.0 Å². The summed E-state index contributed by atoms with van der Waals surface area (Å²) in [5, 5.41) is 2.52. The largest absolute Gasteiger partial charge is 0.452 e. The quantitative estimate of drug-likeness (QED) is 0.807. The maximum absolute atomic E-state index is 13.5. The number of amides is 1. The maximum Gasteiger partial charge on any atom is 0.339 e. The van der Waals surface area contributed by atoms with Crippen LogP contribution < -0.4 is 5.32 Å². The summed E-state index contributed by atoms with van der Waals surface area (Å²) in [6.07, 6.45) is 0. The Labute approximate surface area is 139 Å². The molecule has 2 aromatic carbocycles. The van der Waals surface area contributed by atoms with Crippen LogP contribution in [0.25, 0.3) is 0 Å². The molecule has 22 heavy (non-hydrogen) atoms. The first-order chi connectivity index (χ1) is 10.5. The van der Waals surface area contributed by atoms with Crippen LogP contribution >= 0.6 is 27.5 Å². The van der Waals surface area contributed by atoms with Crippen molar-refractivity contribution in [2.24, 2.45) is 0 Å².